The van der Waals surface area contributed by atoms with Crippen LogP contribution in [0.25, 0.3) is 0 Å². The van der Waals surface area contributed by atoms with E-state index in [-0.39, 0.29) is 5.82 Å². The number of rotatable bonds is 5. The Morgan fingerprint density at radius 2 is 1.94 bits per heavy atom. The molecule has 1 N–H and O–H groups in total. The zero-order valence-electron chi connectivity index (χ0n) is 10.3. The van der Waals surface area contributed by atoms with Crippen LogP contribution in [0.1, 0.15) is 11.1 Å². The van der Waals surface area contributed by atoms with E-state index in [0.717, 1.165) is 23.4 Å². The molecule has 0 radical (unpaired) electrons. The third-order valence-corrected chi connectivity index (χ3v) is 2.62. The molecule has 0 saturated carbocycles. The molecule has 0 aliphatic carbocycles. The van der Waals surface area contributed by atoms with E-state index in [0.29, 0.717) is 6.61 Å². The highest BCUT2D eigenvalue weighted by atomic mass is 19.1. The van der Waals surface area contributed by atoms with Crippen LogP contribution in [0.4, 0.5) is 4.39 Å². The fourth-order valence-corrected chi connectivity index (χ4v) is 1.77. The lowest BCUT2D eigenvalue weighted by molar-refractivity contribution is 0.302. The molecule has 0 fully saturated rings. The average molecular weight is 245 g/mol. The van der Waals surface area contributed by atoms with Crippen molar-refractivity contribution in [3.05, 3.63) is 65.5 Å². The van der Waals surface area contributed by atoms with Gasteiger partial charge in [-0.05, 0) is 30.8 Å². The summed E-state index contributed by atoms with van der Waals surface area (Å²) in [5.74, 6) is 0.593. The summed E-state index contributed by atoms with van der Waals surface area (Å²) in [6, 6.07) is 14.3. The summed E-state index contributed by atoms with van der Waals surface area (Å²) in [6.45, 7) is 1.12. The fraction of sp³-hybridized carbons (Fsp3) is 0.200. The van der Waals surface area contributed by atoms with Crippen molar-refractivity contribution in [2.24, 2.45) is 0 Å². The van der Waals surface area contributed by atoms with Gasteiger partial charge in [-0.25, -0.2) is 4.39 Å². The maximum atomic E-state index is 13.0. The topological polar surface area (TPSA) is 21.3 Å². The van der Waals surface area contributed by atoms with Crippen LogP contribution in [0.3, 0.4) is 0 Å². The summed E-state index contributed by atoms with van der Waals surface area (Å²) in [5, 5.41) is 3.09. The quantitative estimate of drug-likeness (QED) is 0.873. The molecule has 0 aliphatic heterocycles. The molecular weight excluding hydrogens is 229 g/mol. The standard InChI is InChI=1S/C15H16FNO/c1-17-10-13-6-2-3-8-15(13)18-11-12-5-4-7-14(16)9-12/h2-9,17H,10-11H2,1H3. The van der Waals surface area contributed by atoms with E-state index in [1.54, 1.807) is 6.07 Å². The summed E-state index contributed by atoms with van der Waals surface area (Å²) >= 11 is 0. The molecule has 2 rings (SSSR count). The SMILES string of the molecule is CNCc1ccccc1OCc1cccc(F)c1. The molecule has 18 heavy (non-hydrogen) atoms. The van der Waals surface area contributed by atoms with E-state index in [9.17, 15) is 4.39 Å². The van der Waals surface area contributed by atoms with Gasteiger partial charge in [-0.2, -0.15) is 0 Å². The van der Waals surface area contributed by atoms with Crippen LogP contribution in [-0.2, 0) is 13.2 Å². The van der Waals surface area contributed by atoms with E-state index in [1.165, 1.54) is 12.1 Å². The second-order valence-corrected chi connectivity index (χ2v) is 4.06. The monoisotopic (exact) mass is 245 g/mol. The fourth-order valence-electron chi connectivity index (χ4n) is 1.77. The lowest BCUT2D eigenvalue weighted by Gasteiger charge is -2.11. The molecule has 0 heterocycles. The van der Waals surface area contributed by atoms with Gasteiger partial charge in [-0.3, -0.25) is 0 Å². The molecule has 2 nitrogen and oxygen atoms in total. The molecule has 0 bridgehead atoms. The molecule has 2 aromatic rings. The van der Waals surface area contributed by atoms with Gasteiger partial charge in [0.1, 0.15) is 18.2 Å². The van der Waals surface area contributed by atoms with Crippen molar-refractivity contribution in [1.82, 2.24) is 5.32 Å². The van der Waals surface area contributed by atoms with Crippen molar-refractivity contribution in [2.75, 3.05) is 7.05 Å². The summed E-state index contributed by atoms with van der Waals surface area (Å²) in [7, 11) is 1.89. The van der Waals surface area contributed by atoms with Crippen molar-refractivity contribution in [1.29, 1.82) is 0 Å². The van der Waals surface area contributed by atoms with Crippen LogP contribution in [0.15, 0.2) is 48.5 Å². The van der Waals surface area contributed by atoms with E-state index < -0.39 is 0 Å². The molecule has 0 aliphatic rings. The highest BCUT2D eigenvalue weighted by Gasteiger charge is 2.02. The van der Waals surface area contributed by atoms with E-state index in [4.69, 9.17) is 4.74 Å². The molecule has 94 valence electrons. The average Bonchev–Trinajstić information content (AvgIpc) is 2.38. The van der Waals surface area contributed by atoms with Crippen LogP contribution in [0.2, 0.25) is 0 Å². The minimum absolute atomic E-state index is 0.236. The number of para-hydroxylation sites is 1. The number of ether oxygens (including phenoxy) is 1. The van der Waals surface area contributed by atoms with Crippen molar-refractivity contribution in [3.63, 3.8) is 0 Å². The van der Waals surface area contributed by atoms with Crippen LogP contribution in [0, 0.1) is 5.82 Å². The van der Waals surface area contributed by atoms with E-state index in [1.807, 2.05) is 37.4 Å². The molecule has 2 aromatic carbocycles. The molecule has 0 aromatic heterocycles. The molecule has 0 spiro atoms. The largest absolute Gasteiger partial charge is 0.489 e. The summed E-state index contributed by atoms with van der Waals surface area (Å²) in [6.07, 6.45) is 0. The Balaban J connectivity index is 2.06. The second kappa shape index (κ2) is 6.17. The second-order valence-electron chi connectivity index (χ2n) is 4.06. The Labute approximate surface area is 106 Å². The summed E-state index contributed by atoms with van der Waals surface area (Å²) < 4.78 is 18.8. The number of hydrogen-bond acceptors (Lipinski definition) is 2. The van der Waals surface area contributed by atoms with Crippen LogP contribution < -0.4 is 10.1 Å². The number of halogens is 1. The van der Waals surface area contributed by atoms with Crippen molar-refractivity contribution in [3.8, 4) is 5.75 Å². The van der Waals surface area contributed by atoms with Gasteiger partial charge in [0, 0.05) is 12.1 Å². The van der Waals surface area contributed by atoms with Crippen LogP contribution in [0.5, 0.6) is 5.75 Å². The van der Waals surface area contributed by atoms with Gasteiger partial charge in [0.2, 0.25) is 0 Å². The normalized spacial score (nSPS) is 10.3. The Kier molecular flexibility index (Phi) is 4.31. The maximum Gasteiger partial charge on any atom is 0.124 e. The first-order chi connectivity index (χ1) is 8.79. The zero-order valence-corrected chi connectivity index (χ0v) is 10.3. The predicted octanol–water partition coefficient (Wildman–Crippen LogP) is 3.12. The molecule has 0 saturated heterocycles. The predicted molar refractivity (Wildman–Crippen MR) is 69.9 cm³/mol. The molecular formula is C15H16FNO. The van der Waals surface area contributed by atoms with Crippen molar-refractivity contribution >= 4 is 0 Å². The Morgan fingerprint density at radius 3 is 2.72 bits per heavy atom. The number of hydrogen-bond donors (Lipinski definition) is 1. The third kappa shape index (κ3) is 3.31. The van der Waals surface area contributed by atoms with Crippen LogP contribution >= 0.6 is 0 Å². The summed E-state index contributed by atoms with van der Waals surface area (Å²) in [5.41, 5.74) is 1.92. The minimum Gasteiger partial charge on any atom is -0.489 e. The van der Waals surface area contributed by atoms with E-state index >= 15 is 0 Å². The van der Waals surface area contributed by atoms with Gasteiger partial charge in [0.25, 0.3) is 0 Å². The first-order valence-corrected chi connectivity index (χ1v) is 5.89. The minimum atomic E-state index is -0.236. The first-order valence-electron chi connectivity index (χ1n) is 5.89. The smallest absolute Gasteiger partial charge is 0.124 e. The van der Waals surface area contributed by atoms with E-state index in [2.05, 4.69) is 5.32 Å². The Hall–Kier alpha value is -1.87. The zero-order chi connectivity index (χ0) is 12.8. The highest BCUT2D eigenvalue weighted by Crippen LogP contribution is 2.19. The third-order valence-electron chi connectivity index (χ3n) is 2.62. The lowest BCUT2D eigenvalue weighted by Crippen LogP contribution is -2.07. The Morgan fingerprint density at radius 1 is 1.11 bits per heavy atom. The maximum absolute atomic E-state index is 13.0. The van der Waals surface area contributed by atoms with Gasteiger partial charge in [-0.1, -0.05) is 30.3 Å². The van der Waals surface area contributed by atoms with Crippen molar-refractivity contribution in [2.45, 2.75) is 13.2 Å². The Bertz CT molecular complexity index is 513. The van der Waals surface area contributed by atoms with Crippen molar-refractivity contribution < 1.29 is 9.13 Å². The van der Waals surface area contributed by atoms with Gasteiger partial charge in [0.15, 0.2) is 0 Å². The molecule has 3 heteroatoms. The highest BCUT2D eigenvalue weighted by molar-refractivity contribution is 5.33. The van der Waals surface area contributed by atoms with Gasteiger partial charge in [-0.15, -0.1) is 0 Å². The number of benzene rings is 2. The lowest BCUT2D eigenvalue weighted by atomic mass is 10.2. The van der Waals surface area contributed by atoms with Gasteiger partial charge >= 0.3 is 0 Å². The summed E-state index contributed by atoms with van der Waals surface area (Å²) in [4.78, 5) is 0. The molecule has 0 amide bonds. The van der Waals surface area contributed by atoms with Crippen LogP contribution in [-0.4, -0.2) is 7.05 Å². The van der Waals surface area contributed by atoms with Gasteiger partial charge in [0.05, 0.1) is 0 Å². The number of nitrogens with one attached hydrogen (secondary N) is 1. The first kappa shape index (κ1) is 12.6. The van der Waals surface area contributed by atoms with Gasteiger partial charge < -0.3 is 10.1 Å². The molecule has 0 atom stereocenters. The molecule has 0 unspecified atom stereocenters.